The van der Waals surface area contributed by atoms with Crippen LogP contribution in [-0.2, 0) is 0 Å². The molecule has 0 saturated heterocycles. The van der Waals surface area contributed by atoms with Gasteiger partial charge in [0.25, 0.3) is 5.56 Å². The lowest BCUT2D eigenvalue weighted by molar-refractivity contribution is 0.625. The Morgan fingerprint density at radius 3 is 2.67 bits per heavy atom. The largest absolute Gasteiger partial charge is 0.352 e. The summed E-state index contributed by atoms with van der Waals surface area (Å²) in [5.41, 5.74) is 7.22. The Kier molecular flexibility index (Phi) is 2.62. The summed E-state index contributed by atoms with van der Waals surface area (Å²) in [6.45, 7) is 2.12. The van der Waals surface area contributed by atoms with Crippen LogP contribution in [0.1, 0.15) is 24.9 Å². The summed E-state index contributed by atoms with van der Waals surface area (Å²) in [7, 11) is 0. The number of hydrogen-bond acceptors (Lipinski definition) is 3. The van der Waals surface area contributed by atoms with Crippen molar-refractivity contribution in [1.29, 1.82) is 0 Å². The smallest absolute Gasteiger partial charge is 0.280 e. The second-order valence-electron chi connectivity index (χ2n) is 6.14. The second kappa shape index (κ2) is 4.71. The number of fused-ring (bicyclic) bond motifs is 6. The number of rotatable bonds is 1. The molecule has 0 amide bonds. The van der Waals surface area contributed by atoms with Crippen LogP contribution in [0.3, 0.4) is 0 Å². The van der Waals surface area contributed by atoms with E-state index in [1.165, 1.54) is 10.9 Å². The molecule has 118 valence electrons. The molecule has 5 rings (SSSR count). The highest BCUT2D eigenvalue weighted by atomic mass is 16.1. The van der Waals surface area contributed by atoms with Crippen molar-refractivity contribution in [2.24, 2.45) is 0 Å². The molecular weight excluding hydrogens is 300 g/mol. The van der Waals surface area contributed by atoms with Crippen molar-refractivity contribution in [2.75, 3.05) is 5.43 Å². The third-order valence-electron chi connectivity index (χ3n) is 4.79. The predicted molar refractivity (Wildman–Crippen MR) is 95.7 cm³/mol. The van der Waals surface area contributed by atoms with Gasteiger partial charge in [-0.05, 0) is 24.6 Å². The van der Waals surface area contributed by atoms with Crippen LogP contribution in [-0.4, -0.2) is 14.6 Å². The molecule has 2 aromatic heterocycles. The fourth-order valence-electron chi connectivity index (χ4n) is 3.64. The standard InChI is InChI=1S/C19H16N4O/c1-2-13-16-11-7-3-5-9-14(11)20-17(16)18-21-15-10-6-4-8-12(15)19(24)23(18)22-13/h3-10,13,20,22H,2H2,1H3. The van der Waals surface area contributed by atoms with E-state index in [0.717, 1.165) is 23.1 Å². The topological polar surface area (TPSA) is 62.7 Å². The zero-order chi connectivity index (χ0) is 16.3. The Morgan fingerprint density at radius 1 is 1.08 bits per heavy atom. The molecular formula is C19H16N4O. The molecule has 1 atom stereocenters. The third kappa shape index (κ3) is 1.64. The summed E-state index contributed by atoms with van der Waals surface area (Å²) in [5, 5.41) is 1.81. The van der Waals surface area contributed by atoms with Gasteiger partial charge in [-0.25, -0.2) is 9.66 Å². The molecule has 5 nitrogen and oxygen atoms in total. The average Bonchev–Trinajstić information content (AvgIpc) is 3.02. The van der Waals surface area contributed by atoms with E-state index in [1.807, 2.05) is 36.4 Å². The fourth-order valence-corrected chi connectivity index (χ4v) is 3.64. The van der Waals surface area contributed by atoms with Crippen molar-refractivity contribution in [1.82, 2.24) is 14.6 Å². The second-order valence-corrected chi connectivity index (χ2v) is 6.14. The van der Waals surface area contributed by atoms with E-state index in [4.69, 9.17) is 4.98 Å². The highest BCUT2D eigenvalue weighted by molar-refractivity contribution is 5.92. The number of nitrogens with one attached hydrogen (secondary N) is 2. The van der Waals surface area contributed by atoms with Gasteiger partial charge in [0.1, 0.15) is 0 Å². The molecule has 1 aliphatic rings. The molecule has 0 bridgehead atoms. The van der Waals surface area contributed by atoms with Gasteiger partial charge in [-0.2, -0.15) is 0 Å². The van der Waals surface area contributed by atoms with E-state index in [0.29, 0.717) is 11.2 Å². The summed E-state index contributed by atoms with van der Waals surface area (Å²) in [5.74, 6) is 0.648. The molecule has 0 saturated carbocycles. The first-order chi connectivity index (χ1) is 11.8. The van der Waals surface area contributed by atoms with Crippen LogP contribution < -0.4 is 11.0 Å². The molecule has 24 heavy (non-hydrogen) atoms. The molecule has 0 aliphatic carbocycles. The highest BCUT2D eigenvalue weighted by Crippen LogP contribution is 2.38. The van der Waals surface area contributed by atoms with Crippen LogP contribution in [0.2, 0.25) is 0 Å². The lowest BCUT2D eigenvalue weighted by atomic mass is 9.99. The number of H-pyrrole nitrogens is 1. The molecule has 3 heterocycles. The maximum absolute atomic E-state index is 12.9. The van der Waals surface area contributed by atoms with Gasteiger partial charge in [-0.15, -0.1) is 0 Å². The van der Waals surface area contributed by atoms with Crippen LogP contribution in [0.4, 0.5) is 0 Å². The Bertz CT molecular complexity index is 1160. The Labute approximate surface area is 137 Å². The molecule has 2 aromatic carbocycles. The van der Waals surface area contributed by atoms with E-state index < -0.39 is 0 Å². The SMILES string of the molecule is CCC1Nn2c(nc3ccccc3c2=O)-c2[nH]c3ccccc3c21. The first kappa shape index (κ1) is 13.4. The quantitative estimate of drug-likeness (QED) is 0.564. The third-order valence-corrected chi connectivity index (χ3v) is 4.79. The maximum atomic E-state index is 12.9. The van der Waals surface area contributed by atoms with Crippen LogP contribution in [0.5, 0.6) is 0 Å². The molecule has 0 radical (unpaired) electrons. The van der Waals surface area contributed by atoms with Gasteiger partial charge in [-0.3, -0.25) is 4.79 Å². The summed E-state index contributed by atoms with van der Waals surface area (Å²) in [6.07, 6.45) is 0.882. The number of nitrogens with zero attached hydrogens (tertiary/aromatic N) is 2. The lowest BCUT2D eigenvalue weighted by Gasteiger charge is -2.27. The number of aromatic nitrogens is 3. The minimum absolute atomic E-state index is 0.0571. The van der Waals surface area contributed by atoms with E-state index in [2.05, 4.69) is 29.5 Å². The van der Waals surface area contributed by atoms with Crippen LogP contribution >= 0.6 is 0 Å². The summed E-state index contributed by atoms with van der Waals surface area (Å²) >= 11 is 0. The molecule has 1 aliphatic heterocycles. The molecule has 5 heteroatoms. The Balaban J connectivity index is 1.93. The van der Waals surface area contributed by atoms with Crippen LogP contribution in [0, 0.1) is 0 Å². The van der Waals surface area contributed by atoms with E-state index in [-0.39, 0.29) is 11.6 Å². The number of para-hydroxylation sites is 2. The van der Waals surface area contributed by atoms with Gasteiger partial charge in [-0.1, -0.05) is 37.3 Å². The van der Waals surface area contributed by atoms with Crippen molar-refractivity contribution < 1.29 is 0 Å². The molecule has 4 aromatic rings. The minimum atomic E-state index is -0.0571. The Hall–Kier alpha value is -3.08. The fraction of sp³-hybridized carbons (Fsp3) is 0.158. The van der Waals surface area contributed by atoms with Gasteiger partial charge in [0.2, 0.25) is 0 Å². The van der Waals surface area contributed by atoms with Crippen molar-refractivity contribution >= 4 is 21.8 Å². The van der Waals surface area contributed by atoms with E-state index in [9.17, 15) is 4.79 Å². The number of hydrogen-bond donors (Lipinski definition) is 2. The summed E-state index contributed by atoms with van der Waals surface area (Å²) in [4.78, 5) is 21.1. The average molecular weight is 316 g/mol. The van der Waals surface area contributed by atoms with E-state index >= 15 is 0 Å². The van der Waals surface area contributed by atoms with Crippen molar-refractivity contribution in [2.45, 2.75) is 19.4 Å². The molecule has 2 N–H and O–H groups in total. The normalized spacial score (nSPS) is 16.0. The van der Waals surface area contributed by atoms with E-state index in [1.54, 1.807) is 4.68 Å². The first-order valence-electron chi connectivity index (χ1n) is 8.17. The zero-order valence-corrected chi connectivity index (χ0v) is 13.2. The van der Waals surface area contributed by atoms with Crippen LogP contribution in [0.15, 0.2) is 53.3 Å². The van der Waals surface area contributed by atoms with Gasteiger partial charge in [0.15, 0.2) is 5.82 Å². The summed E-state index contributed by atoms with van der Waals surface area (Å²) < 4.78 is 1.59. The minimum Gasteiger partial charge on any atom is -0.352 e. The van der Waals surface area contributed by atoms with Gasteiger partial charge >= 0.3 is 0 Å². The predicted octanol–water partition coefficient (Wildman–Crippen LogP) is 3.55. The molecule has 0 fully saturated rings. The van der Waals surface area contributed by atoms with Crippen molar-refractivity contribution in [3.05, 3.63) is 64.4 Å². The Morgan fingerprint density at radius 2 is 1.83 bits per heavy atom. The van der Waals surface area contributed by atoms with Gasteiger partial charge in [0.05, 0.1) is 22.6 Å². The van der Waals surface area contributed by atoms with Crippen molar-refractivity contribution in [3.63, 3.8) is 0 Å². The zero-order valence-electron chi connectivity index (χ0n) is 13.2. The molecule has 0 spiro atoms. The van der Waals surface area contributed by atoms with Gasteiger partial charge < -0.3 is 10.4 Å². The summed E-state index contributed by atoms with van der Waals surface area (Å²) in [6, 6.07) is 15.8. The monoisotopic (exact) mass is 316 g/mol. The van der Waals surface area contributed by atoms with Crippen molar-refractivity contribution in [3.8, 4) is 11.5 Å². The molecule has 1 unspecified atom stereocenters. The number of aromatic amines is 1. The first-order valence-corrected chi connectivity index (χ1v) is 8.17. The van der Waals surface area contributed by atoms with Crippen LogP contribution in [0.25, 0.3) is 33.3 Å². The maximum Gasteiger partial charge on any atom is 0.280 e. The number of benzene rings is 2. The lowest BCUT2D eigenvalue weighted by Crippen LogP contribution is -2.36. The van der Waals surface area contributed by atoms with Gasteiger partial charge in [0, 0.05) is 16.5 Å². The highest BCUT2D eigenvalue weighted by Gasteiger charge is 2.29.